The third-order valence-electron chi connectivity index (χ3n) is 4.92. The standard InChI is InChI=1S/C18H24N2O3/c1-4-23-18(22)13(3)15-11-16(14-7-5-12(2)6-8-14)19-10-9-17(21)20(15)19/h5-8,13,15-16H,4,9-11H2,1-3H3/t13?,15-,16+/m1/s1. The molecule has 124 valence electrons. The number of aryl methyl sites for hydroxylation is 1. The smallest absolute Gasteiger partial charge is 0.310 e. The molecule has 3 atom stereocenters. The maximum Gasteiger partial charge on any atom is 0.310 e. The lowest BCUT2D eigenvalue weighted by molar-refractivity contribution is -0.153. The van der Waals surface area contributed by atoms with E-state index in [-0.39, 0.29) is 29.9 Å². The summed E-state index contributed by atoms with van der Waals surface area (Å²) >= 11 is 0. The number of nitrogens with zero attached hydrogens (tertiary/aromatic N) is 2. The van der Waals surface area contributed by atoms with Crippen molar-refractivity contribution in [2.75, 3.05) is 13.2 Å². The number of carbonyl (C=O) groups excluding carboxylic acids is 2. The molecule has 0 aliphatic carbocycles. The number of hydrogen-bond acceptors (Lipinski definition) is 4. The van der Waals surface area contributed by atoms with E-state index in [2.05, 4.69) is 36.2 Å². The Morgan fingerprint density at radius 3 is 2.70 bits per heavy atom. The quantitative estimate of drug-likeness (QED) is 0.801. The van der Waals surface area contributed by atoms with Crippen LogP contribution in [0.4, 0.5) is 0 Å². The van der Waals surface area contributed by atoms with Crippen LogP contribution in [-0.2, 0) is 14.3 Å². The first-order chi connectivity index (χ1) is 11.0. The molecule has 0 saturated carbocycles. The maximum atomic E-state index is 12.3. The van der Waals surface area contributed by atoms with Crippen LogP contribution in [0.1, 0.15) is 43.9 Å². The Balaban J connectivity index is 1.86. The monoisotopic (exact) mass is 316 g/mol. The molecule has 3 rings (SSSR count). The Bertz CT molecular complexity index is 599. The fourth-order valence-corrected chi connectivity index (χ4v) is 3.65. The number of hydrogen-bond donors (Lipinski definition) is 0. The number of ether oxygens (including phenoxy) is 1. The largest absolute Gasteiger partial charge is 0.466 e. The van der Waals surface area contributed by atoms with E-state index >= 15 is 0 Å². The normalized spacial score (nSPS) is 25.5. The fourth-order valence-electron chi connectivity index (χ4n) is 3.65. The average molecular weight is 316 g/mol. The third-order valence-corrected chi connectivity index (χ3v) is 4.92. The van der Waals surface area contributed by atoms with E-state index in [1.807, 2.05) is 18.9 Å². The zero-order valence-corrected chi connectivity index (χ0v) is 14.0. The minimum absolute atomic E-state index is 0.112. The number of carbonyl (C=O) groups is 2. The van der Waals surface area contributed by atoms with Gasteiger partial charge in [0.2, 0.25) is 5.91 Å². The van der Waals surface area contributed by atoms with Crippen molar-refractivity contribution in [2.24, 2.45) is 5.92 Å². The number of fused-ring (bicyclic) bond motifs is 1. The molecule has 2 aliphatic rings. The van der Waals surface area contributed by atoms with E-state index in [1.54, 1.807) is 0 Å². The summed E-state index contributed by atoms with van der Waals surface area (Å²) in [5.41, 5.74) is 2.42. The summed E-state index contributed by atoms with van der Waals surface area (Å²) < 4.78 is 5.16. The van der Waals surface area contributed by atoms with Crippen LogP contribution in [0.2, 0.25) is 0 Å². The predicted octanol–water partition coefficient (Wildman–Crippen LogP) is 2.46. The van der Waals surface area contributed by atoms with Crippen molar-refractivity contribution in [3.8, 4) is 0 Å². The lowest BCUT2D eigenvalue weighted by atomic mass is 9.93. The van der Waals surface area contributed by atoms with Crippen molar-refractivity contribution in [3.63, 3.8) is 0 Å². The van der Waals surface area contributed by atoms with Crippen LogP contribution in [0.15, 0.2) is 24.3 Å². The summed E-state index contributed by atoms with van der Waals surface area (Å²) in [5, 5.41) is 3.94. The molecule has 1 aromatic rings. The van der Waals surface area contributed by atoms with Gasteiger partial charge in [-0.1, -0.05) is 29.8 Å². The van der Waals surface area contributed by atoms with E-state index in [0.717, 1.165) is 13.0 Å². The molecule has 0 aromatic heterocycles. The van der Waals surface area contributed by atoms with Crippen molar-refractivity contribution >= 4 is 11.9 Å². The SMILES string of the molecule is CCOC(=O)C(C)[C@H]1C[C@@H](c2ccc(C)cc2)N2CCC(=O)N12. The van der Waals surface area contributed by atoms with E-state index in [9.17, 15) is 9.59 Å². The van der Waals surface area contributed by atoms with Gasteiger partial charge in [-0.2, -0.15) is 0 Å². The zero-order chi connectivity index (χ0) is 16.6. The van der Waals surface area contributed by atoms with E-state index in [1.165, 1.54) is 11.1 Å². The highest BCUT2D eigenvalue weighted by molar-refractivity contribution is 5.80. The van der Waals surface area contributed by atoms with E-state index in [0.29, 0.717) is 13.0 Å². The van der Waals surface area contributed by atoms with Crippen LogP contribution in [0.5, 0.6) is 0 Å². The second kappa shape index (κ2) is 6.32. The molecular formula is C18H24N2O3. The molecule has 1 aromatic carbocycles. The van der Waals surface area contributed by atoms with Gasteiger partial charge in [-0.05, 0) is 32.8 Å². The second-order valence-corrected chi connectivity index (χ2v) is 6.42. The van der Waals surface area contributed by atoms with Gasteiger partial charge in [-0.15, -0.1) is 0 Å². The second-order valence-electron chi connectivity index (χ2n) is 6.42. The fraction of sp³-hybridized carbons (Fsp3) is 0.556. The first kappa shape index (κ1) is 16.0. The minimum Gasteiger partial charge on any atom is -0.466 e. The topological polar surface area (TPSA) is 49.9 Å². The molecule has 1 unspecified atom stereocenters. The molecule has 2 heterocycles. The summed E-state index contributed by atoms with van der Waals surface area (Å²) in [6.45, 7) is 6.83. The van der Waals surface area contributed by atoms with E-state index < -0.39 is 0 Å². The van der Waals surface area contributed by atoms with Gasteiger partial charge in [-0.3, -0.25) is 14.6 Å². The molecule has 0 radical (unpaired) electrons. The molecule has 5 nitrogen and oxygen atoms in total. The van der Waals surface area contributed by atoms with Crippen molar-refractivity contribution in [1.29, 1.82) is 0 Å². The highest BCUT2D eigenvalue weighted by Crippen LogP contribution is 2.42. The summed E-state index contributed by atoms with van der Waals surface area (Å²) in [5.74, 6) is -0.419. The number of esters is 1. The first-order valence-electron chi connectivity index (χ1n) is 8.34. The summed E-state index contributed by atoms with van der Waals surface area (Å²) in [7, 11) is 0. The molecule has 0 N–H and O–H groups in total. The van der Waals surface area contributed by atoms with Gasteiger partial charge in [0.25, 0.3) is 0 Å². The Labute approximate surface area is 137 Å². The Hall–Kier alpha value is -1.88. The third kappa shape index (κ3) is 2.85. The van der Waals surface area contributed by atoms with Crippen molar-refractivity contribution in [1.82, 2.24) is 10.0 Å². The molecule has 23 heavy (non-hydrogen) atoms. The van der Waals surface area contributed by atoms with Crippen molar-refractivity contribution in [3.05, 3.63) is 35.4 Å². The van der Waals surface area contributed by atoms with Gasteiger partial charge in [0.15, 0.2) is 0 Å². The highest BCUT2D eigenvalue weighted by Gasteiger charge is 2.49. The Kier molecular flexibility index (Phi) is 4.39. The van der Waals surface area contributed by atoms with Crippen LogP contribution in [0, 0.1) is 12.8 Å². The lowest BCUT2D eigenvalue weighted by Gasteiger charge is -2.29. The van der Waals surface area contributed by atoms with Crippen LogP contribution < -0.4 is 0 Å². The number of hydrazine groups is 1. The van der Waals surface area contributed by atoms with E-state index in [4.69, 9.17) is 4.74 Å². The van der Waals surface area contributed by atoms with Gasteiger partial charge in [-0.25, -0.2) is 5.01 Å². The first-order valence-corrected chi connectivity index (χ1v) is 8.34. The number of benzene rings is 1. The number of rotatable bonds is 4. The molecule has 0 spiro atoms. The van der Waals surface area contributed by atoms with Crippen LogP contribution in [-0.4, -0.2) is 41.1 Å². The van der Waals surface area contributed by atoms with Gasteiger partial charge >= 0.3 is 5.97 Å². The molecule has 2 aliphatic heterocycles. The van der Waals surface area contributed by atoms with Crippen molar-refractivity contribution < 1.29 is 14.3 Å². The van der Waals surface area contributed by atoms with Crippen LogP contribution in [0.3, 0.4) is 0 Å². The zero-order valence-electron chi connectivity index (χ0n) is 14.0. The number of amides is 1. The summed E-state index contributed by atoms with van der Waals surface area (Å²) in [6, 6.07) is 8.48. The molecule has 2 fully saturated rings. The molecular weight excluding hydrogens is 292 g/mol. The van der Waals surface area contributed by atoms with Crippen LogP contribution >= 0.6 is 0 Å². The summed E-state index contributed by atoms with van der Waals surface area (Å²) in [4.78, 5) is 24.4. The van der Waals surface area contributed by atoms with Crippen molar-refractivity contribution in [2.45, 2.75) is 45.7 Å². The highest BCUT2D eigenvalue weighted by atomic mass is 16.5. The Morgan fingerprint density at radius 2 is 2.04 bits per heavy atom. The molecule has 0 bridgehead atoms. The lowest BCUT2D eigenvalue weighted by Crippen LogP contribution is -2.43. The average Bonchev–Trinajstić information content (AvgIpc) is 3.09. The van der Waals surface area contributed by atoms with Crippen LogP contribution in [0.25, 0.3) is 0 Å². The molecule has 1 amide bonds. The molecule has 2 saturated heterocycles. The van der Waals surface area contributed by atoms with Gasteiger partial charge < -0.3 is 4.74 Å². The van der Waals surface area contributed by atoms with Gasteiger partial charge in [0, 0.05) is 13.0 Å². The molecule has 5 heteroatoms. The van der Waals surface area contributed by atoms with Gasteiger partial charge in [0.05, 0.1) is 24.6 Å². The summed E-state index contributed by atoms with van der Waals surface area (Å²) in [6.07, 6.45) is 1.29. The predicted molar refractivity (Wildman–Crippen MR) is 86.3 cm³/mol. The maximum absolute atomic E-state index is 12.3. The Morgan fingerprint density at radius 1 is 1.35 bits per heavy atom. The minimum atomic E-state index is -0.310. The van der Waals surface area contributed by atoms with Gasteiger partial charge in [0.1, 0.15) is 0 Å².